The van der Waals surface area contributed by atoms with Gasteiger partial charge in [0.05, 0.1) is 5.54 Å². The molecule has 2 unspecified atom stereocenters. The Morgan fingerprint density at radius 2 is 1.90 bits per heavy atom. The summed E-state index contributed by atoms with van der Waals surface area (Å²) in [6.45, 7) is 13.8. The minimum atomic E-state index is -0.594. The smallest absolute Gasteiger partial charge is 0.237 e. The van der Waals surface area contributed by atoms with Gasteiger partial charge in [0.25, 0.3) is 0 Å². The summed E-state index contributed by atoms with van der Waals surface area (Å²) >= 11 is 0. The summed E-state index contributed by atoms with van der Waals surface area (Å²) in [6, 6.07) is 0.389. The fraction of sp³-hybridized carbons (Fsp3) is 0.938. The van der Waals surface area contributed by atoms with Crippen molar-refractivity contribution in [1.82, 2.24) is 10.2 Å². The van der Waals surface area contributed by atoms with Crippen LogP contribution < -0.4 is 11.1 Å². The number of carbonyl (C=O) groups excluding carboxylic acids is 1. The topological polar surface area (TPSA) is 58.4 Å². The van der Waals surface area contributed by atoms with E-state index in [2.05, 4.69) is 31.0 Å². The lowest BCUT2D eigenvalue weighted by molar-refractivity contribution is -0.124. The number of carbonyl (C=O) groups is 1. The Labute approximate surface area is 124 Å². The number of primary amides is 1. The van der Waals surface area contributed by atoms with Crippen molar-refractivity contribution in [1.29, 1.82) is 0 Å². The summed E-state index contributed by atoms with van der Waals surface area (Å²) in [5, 5.41) is 3.25. The van der Waals surface area contributed by atoms with Gasteiger partial charge in [-0.3, -0.25) is 4.79 Å². The first-order valence-electron chi connectivity index (χ1n) is 8.09. The summed E-state index contributed by atoms with van der Waals surface area (Å²) in [5.41, 5.74) is 4.98. The summed E-state index contributed by atoms with van der Waals surface area (Å²) in [7, 11) is 0. The van der Waals surface area contributed by atoms with Crippen molar-refractivity contribution in [3.8, 4) is 0 Å². The van der Waals surface area contributed by atoms with Crippen molar-refractivity contribution in [2.45, 2.75) is 65.5 Å². The van der Waals surface area contributed by atoms with Gasteiger partial charge in [0.2, 0.25) is 5.91 Å². The second-order valence-corrected chi connectivity index (χ2v) is 6.90. The first-order chi connectivity index (χ1) is 9.30. The predicted molar refractivity (Wildman–Crippen MR) is 84.5 cm³/mol. The normalized spacial score (nSPS) is 22.7. The molecule has 1 saturated heterocycles. The van der Waals surface area contributed by atoms with Crippen LogP contribution in [-0.4, -0.2) is 42.0 Å². The predicted octanol–water partition coefficient (Wildman–Crippen LogP) is 1.99. The zero-order valence-corrected chi connectivity index (χ0v) is 13.9. The highest BCUT2D eigenvalue weighted by molar-refractivity contribution is 5.84. The SMILES string of the molecule is CCNC(C)(CC(C)N1CCC(C(C)C)CC1)C(N)=O. The average Bonchev–Trinajstić information content (AvgIpc) is 2.38. The average molecular weight is 283 g/mol. The molecule has 20 heavy (non-hydrogen) atoms. The lowest BCUT2D eigenvalue weighted by Crippen LogP contribution is -2.56. The van der Waals surface area contributed by atoms with Crippen molar-refractivity contribution in [2.75, 3.05) is 19.6 Å². The molecule has 0 radical (unpaired) electrons. The number of nitrogens with zero attached hydrogens (tertiary/aromatic N) is 1. The highest BCUT2D eigenvalue weighted by Crippen LogP contribution is 2.27. The Balaban J connectivity index is 2.54. The molecule has 0 aromatic carbocycles. The van der Waals surface area contributed by atoms with E-state index in [4.69, 9.17) is 5.73 Å². The quantitative estimate of drug-likeness (QED) is 0.751. The lowest BCUT2D eigenvalue weighted by atomic mass is 9.85. The van der Waals surface area contributed by atoms with Crippen LogP contribution in [0.4, 0.5) is 0 Å². The first kappa shape index (κ1) is 17.4. The van der Waals surface area contributed by atoms with Crippen LogP contribution in [0.3, 0.4) is 0 Å². The maximum Gasteiger partial charge on any atom is 0.237 e. The van der Waals surface area contributed by atoms with E-state index in [0.717, 1.165) is 37.9 Å². The lowest BCUT2D eigenvalue weighted by Gasteiger charge is -2.40. The Hall–Kier alpha value is -0.610. The van der Waals surface area contributed by atoms with Gasteiger partial charge >= 0.3 is 0 Å². The number of nitrogens with two attached hydrogens (primary N) is 1. The summed E-state index contributed by atoms with van der Waals surface area (Å²) in [5.74, 6) is 1.39. The van der Waals surface area contributed by atoms with Gasteiger partial charge in [-0.2, -0.15) is 0 Å². The van der Waals surface area contributed by atoms with Gasteiger partial charge in [0.15, 0.2) is 0 Å². The highest BCUT2D eigenvalue weighted by atomic mass is 16.1. The molecule has 4 heteroatoms. The zero-order valence-electron chi connectivity index (χ0n) is 13.9. The molecule has 1 rings (SSSR count). The summed E-state index contributed by atoms with van der Waals surface area (Å²) in [4.78, 5) is 14.2. The van der Waals surface area contributed by atoms with Gasteiger partial charge in [-0.25, -0.2) is 0 Å². The van der Waals surface area contributed by atoms with Crippen LogP contribution in [0, 0.1) is 11.8 Å². The van der Waals surface area contributed by atoms with E-state index in [1.807, 2.05) is 13.8 Å². The third kappa shape index (κ3) is 4.45. The number of hydrogen-bond acceptors (Lipinski definition) is 3. The molecule has 1 amide bonds. The Morgan fingerprint density at radius 3 is 2.30 bits per heavy atom. The van der Waals surface area contributed by atoms with Crippen LogP contribution >= 0.6 is 0 Å². The third-order valence-electron chi connectivity index (χ3n) is 4.95. The van der Waals surface area contributed by atoms with E-state index in [1.165, 1.54) is 12.8 Å². The van der Waals surface area contributed by atoms with Crippen molar-refractivity contribution in [3.05, 3.63) is 0 Å². The van der Waals surface area contributed by atoms with E-state index in [1.54, 1.807) is 0 Å². The minimum Gasteiger partial charge on any atom is -0.368 e. The molecule has 0 saturated carbocycles. The van der Waals surface area contributed by atoms with Crippen molar-refractivity contribution in [3.63, 3.8) is 0 Å². The molecule has 1 fully saturated rings. The number of hydrogen-bond donors (Lipinski definition) is 2. The van der Waals surface area contributed by atoms with Gasteiger partial charge in [-0.05, 0) is 64.6 Å². The van der Waals surface area contributed by atoms with E-state index >= 15 is 0 Å². The summed E-state index contributed by atoms with van der Waals surface area (Å²) < 4.78 is 0. The van der Waals surface area contributed by atoms with Crippen LogP contribution in [0.1, 0.15) is 53.9 Å². The Bertz CT molecular complexity index is 311. The number of likely N-dealkylation sites (N-methyl/N-ethyl adjacent to an activating group) is 1. The molecule has 1 aliphatic rings. The largest absolute Gasteiger partial charge is 0.368 e. The van der Waals surface area contributed by atoms with E-state index in [0.29, 0.717) is 6.04 Å². The molecule has 0 bridgehead atoms. The van der Waals surface area contributed by atoms with E-state index in [9.17, 15) is 4.79 Å². The monoisotopic (exact) mass is 283 g/mol. The minimum absolute atomic E-state index is 0.247. The van der Waals surface area contributed by atoms with Crippen molar-refractivity contribution in [2.24, 2.45) is 17.6 Å². The fourth-order valence-corrected chi connectivity index (χ4v) is 3.40. The number of likely N-dealkylation sites (tertiary alicyclic amines) is 1. The van der Waals surface area contributed by atoms with Crippen molar-refractivity contribution < 1.29 is 4.79 Å². The van der Waals surface area contributed by atoms with E-state index < -0.39 is 5.54 Å². The molecule has 3 N–H and O–H groups in total. The van der Waals surface area contributed by atoms with Gasteiger partial charge in [0.1, 0.15) is 0 Å². The maximum atomic E-state index is 11.7. The molecular formula is C16H33N3O. The molecule has 0 spiro atoms. The van der Waals surface area contributed by atoms with Gasteiger partial charge in [-0.15, -0.1) is 0 Å². The van der Waals surface area contributed by atoms with Crippen LogP contribution in [0.25, 0.3) is 0 Å². The highest BCUT2D eigenvalue weighted by Gasteiger charge is 2.34. The standard InChI is InChI=1S/C16H33N3O/c1-6-18-16(5,15(17)20)11-13(4)19-9-7-14(8-10-19)12(2)3/h12-14,18H,6-11H2,1-5H3,(H2,17,20). The maximum absolute atomic E-state index is 11.7. The van der Waals surface area contributed by atoms with Crippen LogP contribution in [0.5, 0.6) is 0 Å². The molecule has 1 aliphatic heterocycles. The third-order valence-corrected chi connectivity index (χ3v) is 4.95. The number of rotatable bonds is 7. The molecular weight excluding hydrogens is 250 g/mol. The Kier molecular flexibility index (Phi) is 6.46. The van der Waals surface area contributed by atoms with Crippen LogP contribution in [0.15, 0.2) is 0 Å². The molecule has 1 heterocycles. The van der Waals surface area contributed by atoms with Gasteiger partial charge in [0, 0.05) is 6.04 Å². The molecule has 118 valence electrons. The molecule has 0 aliphatic carbocycles. The van der Waals surface area contributed by atoms with Crippen molar-refractivity contribution >= 4 is 5.91 Å². The first-order valence-corrected chi connectivity index (χ1v) is 8.09. The molecule has 2 atom stereocenters. The Morgan fingerprint density at radius 1 is 1.35 bits per heavy atom. The number of piperidine rings is 1. The molecule has 0 aromatic heterocycles. The number of amides is 1. The van der Waals surface area contributed by atoms with Crippen LogP contribution in [-0.2, 0) is 4.79 Å². The zero-order chi connectivity index (χ0) is 15.3. The molecule has 0 aromatic rings. The second-order valence-electron chi connectivity index (χ2n) is 6.90. The molecule has 4 nitrogen and oxygen atoms in total. The number of nitrogens with one attached hydrogen (secondary N) is 1. The van der Waals surface area contributed by atoms with Crippen LogP contribution in [0.2, 0.25) is 0 Å². The van der Waals surface area contributed by atoms with Gasteiger partial charge < -0.3 is 16.0 Å². The van der Waals surface area contributed by atoms with E-state index in [-0.39, 0.29) is 5.91 Å². The van der Waals surface area contributed by atoms with Gasteiger partial charge in [-0.1, -0.05) is 20.8 Å². The fourth-order valence-electron chi connectivity index (χ4n) is 3.40. The summed E-state index contributed by atoms with van der Waals surface area (Å²) in [6.07, 6.45) is 3.33. The second kappa shape index (κ2) is 7.41.